The molecule has 0 bridgehead atoms. The van der Waals surface area contributed by atoms with Gasteiger partial charge in [0.25, 0.3) is 5.69 Å². The van der Waals surface area contributed by atoms with E-state index in [0.717, 1.165) is 11.1 Å². The molecule has 2 aromatic rings. The zero-order valence-electron chi connectivity index (χ0n) is 17.9. The molecule has 0 aromatic heterocycles. The van der Waals surface area contributed by atoms with Crippen LogP contribution in [0.3, 0.4) is 0 Å². The number of hydrogen-bond donors (Lipinski definition) is 1. The van der Waals surface area contributed by atoms with Gasteiger partial charge in [-0.15, -0.1) is 0 Å². The number of nitrogens with one attached hydrogen (secondary N) is 1. The smallest absolute Gasteiger partial charge is 0.273 e. The number of hydrogen-bond acceptors (Lipinski definition) is 4. The Hall–Kier alpha value is -3.22. The molecule has 0 fully saturated rings. The lowest BCUT2D eigenvalue weighted by atomic mass is 10.1. The summed E-state index contributed by atoms with van der Waals surface area (Å²) in [7, 11) is 0. The van der Waals surface area contributed by atoms with Crippen LogP contribution >= 0.6 is 0 Å². The Bertz CT molecular complexity index is 894. The lowest BCUT2D eigenvalue weighted by Gasteiger charge is -2.29. The van der Waals surface area contributed by atoms with Crippen molar-refractivity contribution in [2.24, 2.45) is 5.92 Å². The third-order valence-corrected chi connectivity index (χ3v) is 4.86. The Balaban J connectivity index is 2.27. The number of carbonyl (C=O) groups is 2. The molecule has 2 amide bonds. The Kier molecular flexibility index (Phi) is 8.09. The van der Waals surface area contributed by atoms with E-state index in [1.807, 2.05) is 45.0 Å². The third kappa shape index (κ3) is 6.40. The quantitative estimate of drug-likeness (QED) is 0.504. The van der Waals surface area contributed by atoms with Crippen LogP contribution in [0, 0.1) is 23.0 Å². The number of para-hydroxylation sites is 1. The number of rotatable bonds is 9. The molecule has 0 aliphatic rings. The van der Waals surface area contributed by atoms with Gasteiger partial charge in [-0.1, -0.05) is 61.9 Å². The predicted octanol–water partition coefficient (Wildman–Crippen LogP) is 3.64. The van der Waals surface area contributed by atoms with Crippen LogP contribution in [0.4, 0.5) is 5.69 Å². The first-order valence-corrected chi connectivity index (χ1v) is 10.0. The Morgan fingerprint density at radius 3 is 2.30 bits per heavy atom. The first kappa shape index (κ1) is 23.1. The van der Waals surface area contributed by atoms with E-state index in [4.69, 9.17) is 0 Å². The topological polar surface area (TPSA) is 92.6 Å². The molecule has 2 rings (SSSR count). The van der Waals surface area contributed by atoms with Crippen LogP contribution in [0.5, 0.6) is 0 Å². The van der Waals surface area contributed by atoms with Crippen LogP contribution in [-0.2, 0) is 22.6 Å². The second-order valence-corrected chi connectivity index (χ2v) is 7.88. The lowest BCUT2D eigenvalue weighted by molar-refractivity contribution is -0.385. The molecule has 1 N–H and O–H groups in total. The summed E-state index contributed by atoms with van der Waals surface area (Å²) in [5.41, 5.74) is 2.22. The van der Waals surface area contributed by atoms with E-state index in [1.165, 1.54) is 11.0 Å². The molecule has 2 aromatic carbocycles. The normalized spacial score (nSPS) is 11.8. The van der Waals surface area contributed by atoms with E-state index in [1.54, 1.807) is 25.1 Å². The van der Waals surface area contributed by atoms with Crippen molar-refractivity contribution in [3.63, 3.8) is 0 Å². The van der Waals surface area contributed by atoms with E-state index in [9.17, 15) is 19.7 Å². The molecule has 0 aliphatic carbocycles. The molecule has 0 spiro atoms. The number of aryl methyl sites for hydroxylation is 1. The maximum atomic E-state index is 13.2. The van der Waals surface area contributed by atoms with Gasteiger partial charge in [-0.05, 0) is 25.3 Å². The van der Waals surface area contributed by atoms with E-state index in [0.29, 0.717) is 12.1 Å². The summed E-state index contributed by atoms with van der Waals surface area (Å²) in [4.78, 5) is 38.1. The van der Waals surface area contributed by atoms with Gasteiger partial charge in [0.1, 0.15) is 6.04 Å². The molecule has 7 nitrogen and oxygen atoms in total. The molecule has 7 heteroatoms. The molecule has 1 atom stereocenters. The Morgan fingerprint density at radius 2 is 1.70 bits per heavy atom. The van der Waals surface area contributed by atoms with Crippen molar-refractivity contribution >= 4 is 17.5 Å². The standard InChI is InChI=1S/C23H29N3O4/c1-16(2)14-24-23(28)18(4)25(15-19-11-9-17(3)10-12-19)22(27)13-20-7-5-6-8-21(20)26(29)30/h5-12,16,18H,13-15H2,1-4H3,(H,24,28)/t18-/m1/s1. The minimum atomic E-state index is -0.708. The van der Waals surface area contributed by atoms with Crippen molar-refractivity contribution in [2.75, 3.05) is 6.54 Å². The number of carbonyl (C=O) groups excluding carboxylic acids is 2. The number of nitro groups is 1. The van der Waals surface area contributed by atoms with Crippen molar-refractivity contribution in [2.45, 2.75) is 46.7 Å². The van der Waals surface area contributed by atoms with Crippen LogP contribution in [0.2, 0.25) is 0 Å². The molecule has 0 aliphatic heterocycles. The largest absolute Gasteiger partial charge is 0.354 e. The average Bonchev–Trinajstić information content (AvgIpc) is 2.71. The van der Waals surface area contributed by atoms with Gasteiger partial charge < -0.3 is 10.2 Å². The minimum Gasteiger partial charge on any atom is -0.354 e. The van der Waals surface area contributed by atoms with E-state index in [2.05, 4.69) is 5.32 Å². The second-order valence-electron chi connectivity index (χ2n) is 7.88. The minimum absolute atomic E-state index is 0.0990. The van der Waals surface area contributed by atoms with E-state index < -0.39 is 11.0 Å². The summed E-state index contributed by atoms with van der Waals surface area (Å²) in [6.07, 6.45) is -0.148. The highest BCUT2D eigenvalue weighted by atomic mass is 16.6. The van der Waals surface area contributed by atoms with Crippen LogP contribution in [0.1, 0.15) is 37.5 Å². The van der Waals surface area contributed by atoms with Crippen molar-refractivity contribution < 1.29 is 14.5 Å². The zero-order valence-corrected chi connectivity index (χ0v) is 17.9. The molecular weight excluding hydrogens is 382 g/mol. The van der Waals surface area contributed by atoms with Crippen molar-refractivity contribution in [3.05, 3.63) is 75.3 Å². The van der Waals surface area contributed by atoms with E-state index >= 15 is 0 Å². The highest BCUT2D eigenvalue weighted by Gasteiger charge is 2.27. The maximum absolute atomic E-state index is 13.2. The molecule has 0 heterocycles. The Morgan fingerprint density at radius 1 is 1.07 bits per heavy atom. The first-order valence-electron chi connectivity index (χ1n) is 10.0. The average molecular weight is 412 g/mol. The van der Waals surface area contributed by atoms with Crippen molar-refractivity contribution in [1.82, 2.24) is 10.2 Å². The summed E-state index contributed by atoms with van der Waals surface area (Å²) >= 11 is 0. The van der Waals surface area contributed by atoms with Crippen LogP contribution < -0.4 is 5.32 Å². The van der Waals surface area contributed by atoms with E-state index in [-0.39, 0.29) is 36.4 Å². The molecule has 0 radical (unpaired) electrons. The van der Waals surface area contributed by atoms with Gasteiger partial charge >= 0.3 is 0 Å². The fraction of sp³-hybridized carbons (Fsp3) is 0.391. The molecule has 30 heavy (non-hydrogen) atoms. The number of nitro benzene ring substituents is 1. The second kappa shape index (κ2) is 10.5. The predicted molar refractivity (Wildman–Crippen MR) is 116 cm³/mol. The summed E-state index contributed by atoms with van der Waals surface area (Å²) < 4.78 is 0. The fourth-order valence-electron chi connectivity index (χ4n) is 3.03. The molecule has 0 unspecified atom stereocenters. The molecule has 160 valence electrons. The van der Waals surface area contributed by atoms with Gasteiger partial charge in [0.15, 0.2) is 0 Å². The number of benzene rings is 2. The number of amides is 2. The number of nitrogens with zero attached hydrogens (tertiary/aromatic N) is 2. The van der Waals surface area contributed by atoms with Gasteiger partial charge in [0.2, 0.25) is 11.8 Å². The van der Waals surface area contributed by atoms with Crippen LogP contribution in [-0.4, -0.2) is 34.2 Å². The van der Waals surface area contributed by atoms with Crippen LogP contribution in [0.15, 0.2) is 48.5 Å². The highest BCUT2D eigenvalue weighted by Crippen LogP contribution is 2.20. The molecule has 0 saturated carbocycles. The molecular formula is C23H29N3O4. The maximum Gasteiger partial charge on any atom is 0.273 e. The highest BCUT2D eigenvalue weighted by molar-refractivity contribution is 5.88. The zero-order chi connectivity index (χ0) is 22.3. The summed E-state index contributed by atoms with van der Waals surface area (Å²) in [5, 5.41) is 14.2. The lowest BCUT2D eigenvalue weighted by Crippen LogP contribution is -2.48. The summed E-state index contributed by atoms with van der Waals surface area (Å²) in [6, 6.07) is 13.2. The third-order valence-electron chi connectivity index (χ3n) is 4.86. The first-order chi connectivity index (χ1) is 14.2. The fourth-order valence-corrected chi connectivity index (χ4v) is 3.03. The van der Waals surface area contributed by atoms with Gasteiger partial charge in [-0.2, -0.15) is 0 Å². The van der Waals surface area contributed by atoms with Crippen molar-refractivity contribution in [1.29, 1.82) is 0 Å². The Labute approximate surface area is 177 Å². The van der Waals surface area contributed by atoms with Gasteiger partial charge in [0, 0.05) is 24.7 Å². The van der Waals surface area contributed by atoms with Gasteiger partial charge in [0.05, 0.1) is 11.3 Å². The monoisotopic (exact) mass is 411 g/mol. The molecule has 0 saturated heterocycles. The van der Waals surface area contributed by atoms with Crippen molar-refractivity contribution in [3.8, 4) is 0 Å². The summed E-state index contributed by atoms with van der Waals surface area (Å²) in [5.74, 6) is -0.293. The SMILES string of the molecule is Cc1ccc(CN(C(=O)Cc2ccccc2[N+](=O)[O-])[C@H](C)C(=O)NCC(C)C)cc1. The van der Waals surface area contributed by atoms with Gasteiger partial charge in [-0.25, -0.2) is 0 Å². The van der Waals surface area contributed by atoms with Gasteiger partial charge in [-0.3, -0.25) is 19.7 Å². The summed E-state index contributed by atoms with van der Waals surface area (Å²) in [6.45, 7) is 8.41. The van der Waals surface area contributed by atoms with Crippen LogP contribution in [0.25, 0.3) is 0 Å².